The lowest BCUT2D eigenvalue weighted by Crippen LogP contribution is -2.16. The molecular formula is C24H15Cl2FN4O3. The monoisotopic (exact) mass is 496 g/mol. The Hall–Kier alpha value is -3.88. The zero-order chi connectivity index (χ0) is 23.8. The van der Waals surface area contributed by atoms with E-state index in [9.17, 15) is 14.0 Å². The van der Waals surface area contributed by atoms with E-state index in [1.807, 2.05) is 0 Å². The number of amides is 2. The molecule has 0 saturated heterocycles. The van der Waals surface area contributed by atoms with E-state index in [1.165, 1.54) is 18.2 Å². The number of hydrogen-bond donors (Lipinski definition) is 3. The van der Waals surface area contributed by atoms with Gasteiger partial charge >= 0.3 is 0 Å². The predicted molar refractivity (Wildman–Crippen MR) is 127 cm³/mol. The summed E-state index contributed by atoms with van der Waals surface area (Å²) >= 11 is 12.2. The lowest BCUT2D eigenvalue weighted by atomic mass is 10.0. The van der Waals surface area contributed by atoms with E-state index in [4.69, 9.17) is 27.9 Å². The standard InChI is InChI=1S/C24H15Cl2FN4O3/c25-18-6-2-5-15(20(18)26)23(32)28-14-7-8-19-16(10-14)21-17(11-34-19)22(31-30-21)24(33)29-13-4-1-3-12(27)9-13/h1-10H,11H2,(H,28,32)(H,29,33)(H,30,31). The average molecular weight is 497 g/mol. The highest BCUT2D eigenvalue weighted by atomic mass is 35.5. The van der Waals surface area contributed by atoms with Gasteiger partial charge in [0.1, 0.15) is 18.2 Å². The molecule has 1 aliphatic rings. The number of benzene rings is 3. The van der Waals surface area contributed by atoms with Crippen molar-refractivity contribution in [2.24, 2.45) is 0 Å². The Morgan fingerprint density at radius 1 is 0.971 bits per heavy atom. The summed E-state index contributed by atoms with van der Waals surface area (Å²) in [6.07, 6.45) is 0. The van der Waals surface area contributed by atoms with Crippen molar-refractivity contribution in [1.82, 2.24) is 10.2 Å². The molecule has 0 radical (unpaired) electrons. The van der Waals surface area contributed by atoms with Gasteiger partial charge in [0, 0.05) is 22.5 Å². The molecule has 10 heteroatoms. The first kappa shape index (κ1) is 21.9. The Morgan fingerprint density at radius 3 is 2.56 bits per heavy atom. The maximum absolute atomic E-state index is 13.4. The Morgan fingerprint density at radius 2 is 1.74 bits per heavy atom. The molecule has 3 aromatic carbocycles. The number of H-pyrrole nitrogens is 1. The summed E-state index contributed by atoms with van der Waals surface area (Å²) in [5, 5.41) is 12.9. The minimum Gasteiger partial charge on any atom is -0.488 e. The van der Waals surface area contributed by atoms with Crippen molar-refractivity contribution in [3.8, 4) is 17.0 Å². The van der Waals surface area contributed by atoms with Crippen LogP contribution in [0.3, 0.4) is 0 Å². The largest absolute Gasteiger partial charge is 0.488 e. The highest BCUT2D eigenvalue weighted by Gasteiger charge is 2.27. The summed E-state index contributed by atoms with van der Waals surface area (Å²) in [5.41, 5.74) is 2.91. The number of nitrogens with one attached hydrogen (secondary N) is 3. The number of carbonyl (C=O) groups excluding carboxylic acids is 2. The van der Waals surface area contributed by atoms with Crippen LogP contribution < -0.4 is 15.4 Å². The van der Waals surface area contributed by atoms with Gasteiger partial charge in [0.15, 0.2) is 5.69 Å². The Kier molecular flexibility index (Phi) is 5.69. The second-order valence-corrected chi connectivity index (χ2v) is 8.23. The first-order valence-corrected chi connectivity index (χ1v) is 10.8. The van der Waals surface area contributed by atoms with Gasteiger partial charge in [-0.1, -0.05) is 35.3 Å². The smallest absolute Gasteiger partial charge is 0.276 e. The molecule has 1 aromatic heterocycles. The number of halogens is 3. The van der Waals surface area contributed by atoms with Crippen molar-refractivity contribution in [2.45, 2.75) is 6.61 Å². The second kappa shape index (κ2) is 8.81. The lowest BCUT2D eigenvalue weighted by Gasteiger charge is -2.19. The van der Waals surface area contributed by atoms with Crippen molar-refractivity contribution in [1.29, 1.82) is 0 Å². The van der Waals surface area contributed by atoms with E-state index in [0.29, 0.717) is 33.9 Å². The number of anilines is 2. The number of hydrogen-bond acceptors (Lipinski definition) is 4. The molecule has 0 atom stereocenters. The summed E-state index contributed by atoms with van der Waals surface area (Å²) in [7, 11) is 0. The molecule has 34 heavy (non-hydrogen) atoms. The molecule has 5 rings (SSSR count). The molecule has 0 fully saturated rings. The van der Waals surface area contributed by atoms with Crippen molar-refractivity contribution in [2.75, 3.05) is 10.6 Å². The molecule has 7 nitrogen and oxygen atoms in total. The lowest BCUT2D eigenvalue weighted by molar-refractivity contribution is 0.101. The molecule has 170 valence electrons. The van der Waals surface area contributed by atoms with Crippen LogP contribution in [0.4, 0.5) is 15.8 Å². The highest BCUT2D eigenvalue weighted by molar-refractivity contribution is 6.44. The van der Waals surface area contributed by atoms with Crippen molar-refractivity contribution < 1.29 is 18.7 Å². The van der Waals surface area contributed by atoms with Crippen LogP contribution in [0.2, 0.25) is 10.0 Å². The molecular weight excluding hydrogens is 482 g/mol. The maximum atomic E-state index is 13.4. The van der Waals surface area contributed by atoms with Crippen LogP contribution in [0, 0.1) is 5.82 Å². The fourth-order valence-electron chi connectivity index (χ4n) is 3.63. The molecule has 4 aromatic rings. The molecule has 0 spiro atoms. The molecule has 0 bridgehead atoms. The quantitative estimate of drug-likeness (QED) is 0.326. The van der Waals surface area contributed by atoms with Crippen LogP contribution >= 0.6 is 23.2 Å². The van der Waals surface area contributed by atoms with Crippen LogP contribution in [0.1, 0.15) is 26.4 Å². The first-order valence-electron chi connectivity index (χ1n) is 10.1. The van der Waals surface area contributed by atoms with E-state index in [1.54, 1.807) is 42.5 Å². The third-order valence-corrected chi connectivity index (χ3v) is 6.06. The summed E-state index contributed by atoms with van der Waals surface area (Å²) in [4.78, 5) is 25.5. The predicted octanol–water partition coefficient (Wildman–Crippen LogP) is 5.92. The number of ether oxygens (including phenoxy) is 1. The van der Waals surface area contributed by atoms with Crippen molar-refractivity contribution in [3.05, 3.63) is 93.3 Å². The van der Waals surface area contributed by atoms with Gasteiger partial charge in [-0.05, 0) is 48.5 Å². The Labute approximate surface area is 202 Å². The molecule has 0 saturated carbocycles. The number of aromatic amines is 1. The van der Waals surface area contributed by atoms with Gasteiger partial charge in [-0.2, -0.15) is 5.10 Å². The van der Waals surface area contributed by atoms with Gasteiger partial charge in [-0.25, -0.2) is 4.39 Å². The molecule has 1 aliphatic heterocycles. The fraction of sp³-hybridized carbons (Fsp3) is 0.0417. The van der Waals surface area contributed by atoms with Crippen molar-refractivity contribution in [3.63, 3.8) is 0 Å². The fourth-order valence-corrected chi connectivity index (χ4v) is 4.02. The second-order valence-electron chi connectivity index (χ2n) is 7.45. The number of fused-ring (bicyclic) bond motifs is 3. The van der Waals surface area contributed by atoms with Gasteiger partial charge in [0.2, 0.25) is 0 Å². The Bertz CT molecular complexity index is 1450. The van der Waals surface area contributed by atoms with Crippen LogP contribution in [0.25, 0.3) is 11.3 Å². The number of carbonyl (C=O) groups is 2. The topological polar surface area (TPSA) is 96.1 Å². The Balaban J connectivity index is 1.41. The van der Waals surface area contributed by atoms with Gasteiger partial charge in [0.25, 0.3) is 11.8 Å². The van der Waals surface area contributed by atoms with Gasteiger partial charge < -0.3 is 15.4 Å². The van der Waals surface area contributed by atoms with E-state index in [-0.39, 0.29) is 27.9 Å². The van der Waals surface area contributed by atoms with Crippen LogP contribution in [-0.4, -0.2) is 22.0 Å². The van der Waals surface area contributed by atoms with E-state index < -0.39 is 17.6 Å². The SMILES string of the molecule is O=C(Nc1ccc2c(c1)-c1[nH]nc(C(=O)Nc3cccc(F)c3)c1CO2)c1cccc(Cl)c1Cl. The molecule has 0 unspecified atom stereocenters. The van der Waals surface area contributed by atoms with E-state index >= 15 is 0 Å². The highest BCUT2D eigenvalue weighted by Crippen LogP contribution is 2.39. The van der Waals surface area contributed by atoms with E-state index in [0.717, 1.165) is 0 Å². The maximum Gasteiger partial charge on any atom is 0.276 e. The van der Waals surface area contributed by atoms with Crippen LogP contribution in [0.15, 0.2) is 60.7 Å². The normalized spacial score (nSPS) is 11.7. The molecule has 0 aliphatic carbocycles. The first-order chi connectivity index (χ1) is 16.4. The summed E-state index contributed by atoms with van der Waals surface area (Å²) < 4.78 is 19.2. The molecule has 2 heterocycles. The van der Waals surface area contributed by atoms with E-state index in [2.05, 4.69) is 20.8 Å². The summed E-state index contributed by atoms with van der Waals surface area (Å²) in [5.74, 6) is -0.834. The number of rotatable bonds is 4. The summed E-state index contributed by atoms with van der Waals surface area (Å²) in [6.45, 7) is 0.120. The third kappa shape index (κ3) is 4.09. The van der Waals surface area contributed by atoms with Gasteiger partial charge in [-0.15, -0.1) is 0 Å². The minimum atomic E-state index is -0.504. The molecule has 3 N–H and O–H groups in total. The van der Waals surface area contributed by atoms with Crippen LogP contribution in [0.5, 0.6) is 5.75 Å². The number of aromatic nitrogens is 2. The zero-order valence-electron chi connectivity index (χ0n) is 17.3. The van der Waals surface area contributed by atoms with Crippen LogP contribution in [-0.2, 0) is 6.61 Å². The molecule has 2 amide bonds. The zero-order valence-corrected chi connectivity index (χ0v) is 18.8. The third-order valence-electron chi connectivity index (χ3n) is 5.24. The average Bonchev–Trinajstić information content (AvgIpc) is 3.26. The minimum absolute atomic E-state index is 0.120. The van der Waals surface area contributed by atoms with Crippen molar-refractivity contribution >= 4 is 46.4 Å². The summed E-state index contributed by atoms with van der Waals surface area (Å²) in [6, 6.07) is 15.5. The van der Waals surface area contributed by atoms with Gasteiger partial charge in [0.05, 0.1) is 21.3 Å². The number of nitrogens with zero attached hydrogens (tertiary/aromatic N) is 1. The van der Waals surface area contributed by atoms with Gasteiger partial charge in [-0.3, -0.25) is 14.7 Å².